The molecule has 0 N–H and O–H groups in total. The van der Waals surface area contributed by atoms with Gasteiger partial charge in [0.25, 0.3) is 5.71 Å². The number of aryl methyl sites for hydroxylation is 1. The summed E-state index contributed by atoms with van der Waals surface area (Å²) in [6.07, 6.45) is -0.512. The van der Waals surface area contributed by atoms with Crippen LogP contribution in [0.1, 0.15) is 35.7 Å². The van der Waals surface area contributed by atoms with E-state index in [2.05, 4.69) is 20.2 Å². The van der Waals surface area contributed by atoms with Gasteiger partial charge in [0.2, 0.25) is 5.91 Å². The van der Waals surface area contributed by atoms with Gasteiger partial charge >= 0.3 is 6.18 Å². The van der Waals surface area contributed by atoms with Gasteiger partial charge < -0.3 is 9.42 Å². The van der Waals surface area contributed by atoms with Crippen LogP contribution in [0.15, 0.2) is 23.2 Å². The smallest absolute Gasteiger partial charge is 0.340 e. The topological polar surface area (TPSA) is 89.9 Å². The summed E-state index contributed by atoms with van der Waals surface area (Å²) in [4.78, 5) is 22.0. The van der Waals surface area contributed by atoms with E-state index in [-0.39, 0.29) is 47.4 Å². The first-order valence-electron chi connectivity index (χ1n) is 8.77. The van der Waals surface area contributed by atoms with Crippen molar-refractivity contribution in [3.8, 4) is 0 Å². The van der Waals surface area contributed by atoms with Crippen LogP contribution in [-0.2, 0) is 17.5 Å². The molecule has 3 aromatic heterocycles. The number of alkyl halides is 3. The van der Waals surface area contributed by atoms with E-state index < -0.39 is 11.7 Å². The quantitative estimate of drug-likeness (QED) is 0.678. The van der Waals surface area contributed by atoms with Gasteiger partial charge in [0.15, 0.2) is 0 Å². The molecule has 0 unspecified atom stereocenters. The molecular formula is C17H17F3N6O2. The Kier molecular flexibility index (Phi) is 4.52. The minimum absolute atomic E-state index is 0.0286. The molecule has 0 spiro atoms. The number of carbonyl (C=O) groups excluding carboxylic acids is 1. The highest BCUT2D eigenvalue weighted by Gasteiger charge is 2.38. The number of likely N-dealkylation sites (tertiary alicyclic amines) is 1. The van der Waals surface area contributed by atoms with E-state index in [1.807, 2.05) is 0 Å². The number of carbonyl (C=O) groups is 1. The normalized spacial score (nSPS) is 18.0. The summed E-state index contributed by atoms with van der Waals surface area (Å²) in [7, 11) is 0. The van der Waals surface area contributed by atoms with Crippen LogP contribution in [0.2, 0.25) is 0 Å². The number of hydrogen-bond acceptors (Lipinski definition) is 6. The second-order valence-corrected chi connectivity index (χ2v) is 6.83. The Hall–Kier alpha value is -2.98. The number of amides is 1. The summed E-state index contributed by atoms with van der Waals surface area (Å²) < 4.78 is 47.2. The molecule has 11 heteroatoms. The predicted molar refractivity (Wildman–Crippen MR) is 90.1 cm³/mol. The first-order valence-corrected chi connectivity index (χ1v) is 8.77. The molecular weight excluding hydrogens is 377 g/mol. The van der Waals surface area contributed by atoms with E-state index in [1.54, 1.807) is 4.90 Å². The molecule has 28 heavy (non-hydrogen) atoms. The minimum Gasteiger partial charge on any atom is -0.340 e. The van der Waals surface area contributed by atoms with Crippen molar-refractivity contribution in [2.24, 2.45) is 0 Å². The lowest BCUT2D eigenvalue weighted by molar-refractivity contribution is -0.136. The van der Waals surface area contributed by atoms with Crippen molar-refractivity contribution in [3.05, 3.63) is 35.7 Å². The standard InChI is InChI=1S/C17H17F3N6O2/c1-10-5-12(17(18,19)20)14-15(24-28-16(14)23-10)11-3-2-4-25(6-11)13(27)7-26-9-21-8-22-26/h5,8-9,11H,2-4,6-7H2,1H3/t11-/m1/s1. The second-order valence-electron chi connectivity index (χ2n) is 6.83. The number of pyridine rings is 1. The zero-order valence-corrected chi connectivity index (χ0v) is 15.0. The number of fused-ring (bicyclic) bond motifs is 1. The molecule has 1 amide bonds. The van der Waals surface area contributed by atoms with E-state index in [0.29, 0.717) is 19.4 Å². The molecule has 0 saturated carbocycles. The molecule has 4 heterocycles. The molecule has 8 nitrogen and oxygen atoms in total. The maximum atomic E-state index is 13.6. The maximum absolute atomic E-state index is 13.6. The molecule has 1 atom stereocenters. The molecule has 0 bridgehead atoms. The number of piperidine rings is 1. The van der Waals surface area contributed by atoms with Crippen molar-refractivity contribution < 1.29 is 22.5 Å². The monoisotopic (exact) mass is 394 g/mol. The zero-order chi connectivity index (χ0) is 19.9. The van der Waals surface area contributed by atoms with Gasteiger partial charge in [0, 0.05) is 24.7 Å². The fraction of sp³-hybridized carbons (Fsp3) is 0.471. The van der Waals surface area contributed by atoms with Crippen molar-refractivity contribution >= 4 is 17.0 Å². The lowest BCUT2D eigenvalue weighted by atomic mass is 9.91. The van der Waals surface area contributed by atoms with Gasteiger partial charge in [-0.15, -0.1) is 0 Å². The van der Waals surface area contributed by atoms with Crippen molar-refractivity contribution in [2.75, 3.05) is 13.1 Å². The Morgan fingerprint density at radius 1 is 1.39 bits per heavy atom. The average Bonchev–Trinajstić information content (AvgIpc) is 3.29. The van der Waals surface area contributed by atoms with Crippen LogP contribution in [0.3, 0.4) is 0 Å². The summed E-state index contributed by atoms with van der Waals surface area (Å²) in [6, 6.07) is 0.999. The highest BCUT2D eigenvalue weighted by molar-refractivity contribution is 5.82. The lowest BCUT2D eigenvalue weighted by Gasteiger charge is -2.32. The molecule has 4 rings (SSSR count). The molecule has 1 fully saturated rings. The number of rotatable bonds is 3. The number of halogens is 3. The Morgan fingerprint density at radius 3 is 2.93 bits per heavy atom. The van der Waals surface area contributed by atoms with E-state index in [1.165, 1.54) is 24.3 Å². The predicted octanol–water partition coefficient (Wildman–Crippen LogP) is 2.55. The molecule has 1 saturated heterocycles. The van der Waals surface area contributed by atoms with Crippen LogP contribution in [0, 0.1) is 6.92 Å². The second kappa shape index (κ2) is 6.88. The van der Waals surface area contributed by atoms with Crippen molar-refractivity contribution in [1.82, 2.24) is 29.8 Å². The summed E-state index contributed by atoms with van der Waals surface area (Å²) >= 11 is 0. The van der Waals surface area contributed by atoms with Gasteiger partial charge in [-0.2, -0.15) is 18.3 Å². The number of nitrogens with zero attached hydrogens (tertiary/aromatic N) is 6. The molecule has 0 radical (unpaired) electrons. The highest BCUT2D eigenvalue weighted by Crippen LogP contribution is 2.39. The van der Waals surface area contributed by atoms with Crippen molar-refractivity contribution in [2.45, 2.75) is 38.4 Å². The Bertz CT molecular complexity index is 998. The third kappa shape index (κ3) is 3.43. The molecule has 148 valence electrons. The fourth-order valence-corrected chi connectivity index (χ4v) is 3.58. The largest absolute Gasteiger partial charge is 0.417 e. The van der Waals surface area contributed by atoms with Gasteiger partial charge in [-0.1, -0.05) is 5.16 Å². The molecule has 0 aromatic carbocycles. The first-order chi connectivity index (χ1) is 13.3. The van der Waals surface area contributed by atoms with E-state index in [4.69, 9.17) is 4.52 Å². The minimum atomic E-state index is -4.55. The van der Waals surface area contributed by atoms with Crippen molar-refractivity contribution in [3.63, 3.8) is 0 Å². The molecule has 1 aliphatic rings. The first kappa shape index (κ1) is 18.4. The summed E-state index contributed by atoms with van der Waals surface area (Å²) in [5, 5.41) is 7.69. The Morgan fingerprint density at radius 2 is 2.21 bits per heavy atom. The van der Waals surface area contributed by atoms with Crippen LogP contribution < -0.4 is 0 Å². The van der Waals surface area contributed by atoms with Gasteiger partial charge in [0.1, 0.15) is 19.2 Å². The lowest BCUT2D eigenvalue weighted by Crippen LogP contribution is -2.41. The average molecular weight is 394 g/mol. The number of hydrogen-bond donors (Lipinski definition) is 0. The van der Waals surface area contributed by atoms with Gasteiger partial charge in [-0.05, 0) is 25.8 Å². The van der Waals surface area contributed by atoms with Crippen LogP contribution >= 0.6 is 0 Å². The maximum Gasteiger partial charge on any atom is 0.417 e. The van der Waals surface area contributed by atoms with Gasteiger partial charge in [0.05, 0.1) is 16.6 Å². The highest BCUT2D eigenvalue weighted by atomic mass is 19.4. The zero-order valence-electron chi connectivity index (χ0n) is 15.0. The summed E-state index contributed by atoms with van der Waals surface area (Å²) in [5.41, 5.74) is -0.533. The van der Waals surface area contributed by atoms with E-state index >= 15 is 0 Å². The molecule has 3 aromatic rings. The third-order valence-electron chi connectivity index (χ3n) is 4.83. The SMILES string of the molecule is Cc1cc(C(F)(F)F)c2c([C@@H]3CCCN(C(=O)Cn4cncn4)C3)noc2n1. The van der Waals surface area contributed by atoms with Crippen LogP contribution in [-0.4, -0.2) is 48.8 Å². The molecule has 0 aliphatic carbocycles. The summed E-state index contributed by atoms with van der Waals surface area (Å²) in [5.74, 6) is -0.534. The molecule has 1 aliphatic heterocycles. The summed E-state index contributed by atoms with van der Waals surface area (Å²) in [6.45, 7) is 2.30. The van der Waals surface area contributed by atoms with E-state index in [0.717, 1.165) is 6.07 Å². The van der Waals surface area contributed by atoms with Gasteiger partial charge in [-0.25, -0.2) is 14.6 Å². The number of aromatic nitrogens is 5. The van der Waals surface area contributed by atoms with Crippen LogP contribution in [0.5, 0.6) is 0 Å². The Labute approximate surface area is 157 Å². The van der Waals surface area contributed by atoms with Crippen molar-refractivity contribution in [1.29, 1.82) is 0 Å². The van der Waals surface area contributed by atoms with Gasteiger partial charge in [-0.3, -0.25) is 4.79 Å². The Balaban J connectivity index is 1.63. The van der Waals surface area contributed by atoms with E-state index in [9.17, 15) is 18.0 Å². The third-order valence-corrected chi connectivity index (χ3v) is 4.83. The fourth-order valence-electron chi connectivity index (χ4n) is 3.58. The van der Waals surface area contributed by atoms with Crippen LogP contribution in [0.4, 0.5) is 13.2 Å². The van der Waals surface area contributed by atoms with Crippen LogP contribution in [0.25, 0.3) is 11.1 Å².